The molecule has 0 aromatic carbocycles. The number of carbonyl (C=O) groups is 1. The zero-order valence-electron chi connectivity index (χ0n) is 8.71. The van der Waals surface area contributed by atoms with Crippen molar-refractivity contribution in [3.8, 4) is 0 Å². The third-order valence-electron chi connectivity index (χ3n) is 2.98. The molecule has 15 heavy (non-hydrogen) atoms. The van der Waals surface area contributed by atoms with Crippen LogP contribution in [0.15, 0.2) is 0 Å². The maximum absolute atomic E-state index is 11.3. The average Bonchev–Trinajstić information content (AvgIpc) is 2.55. The molecule has 0 aromatic heterocycles. The van der Waals surface area contributed by atoms with Crippen molar-refractivity contribution >= 4 is 15.9 Å². The highest BCUT2D eigenvalue weighted by atomic mass is 32.2. The molecule has 2 atom stereocenters. The molecule has 6 nitrogen and oxygen atoms in total. The summed E-state index contributed by atoms with van der Waals surface area (Å²) in [6.45, 7) is 0.738. The molecule has 0 bridgehead atoms. The van der Waals surface area contributed by atoms with E-state index in [4.69, 9.17) is 4.74 Å². The van der Waals surface area contributed by atoms with E-state index in [2.05, 4.69) is 0 Å². The lowest BCUT2D eigenvalue weighted by atomic mass is 10.1. The number of hydrogen-bond acceptors (Lipinski definition) is 4. The molecule has 86 valence electrons. The van der Waals surface area contributed by atoms with E-state index < -0.39 is 10.0 Å². The first-order chi connectivity index (χ1) is 6.89. The van der Waals surface area contributed by atoms with Crippen LogP contribution in [0.25, 0.3) is 0 Å². The van der Waals surface area contributed by atoms with E-state index >= 15 is 0 Å². The van der Waals surface area contributed by atoms with Crippen LogP contribution in [0.4, 0.5) is 0 Å². The van der Waals surface area contributed by atoms with Crippen molar-refractivity contribution in [2.45, 2.75) is 12.1 Å². The fraction of sp³-hybridized carbons (Fsp3) is 0.875. The van der Waals surface area contributed by atoms with E-state index in [1.54, 1.807) is 11.9 Å². The quantitative estimate of drug-likeness (QED) is 0.553. The normalized spacial score (nSPS) is 33.2. The van der Waals surface area contributed by atoms with E-state index in [-0.39, 0.29) is 24.7 Å². The molecule has 0 aromatic rings. The van der Waals surface area contributed by atoms with Crippen LogP contribution in [0.5, 0.6) is 0 Å². The zero-order chi connectivity index (χ0) is 11.2. The lowest BCUT2D eigenvalue weighted by Crippen LogP contribution is -2.51. The van der Waals surface area contributed by atoms with Crippen molar-refractivity contribution in [3.05, 3.63) is 0 Å². The molecule has 0 saturated carbocycles. The first-order valence-electron chi connectivity index (χ1n) is 4.72. The van der Waals surface area contributed by atoms with Gasteiger partial charge in [-0.3, -0.25) is 4.79 Å². The Hall–Kier alpha value is -0.660. The SMILES string of the molecule is CN1C(=O)CO[C@H]2CN(S(C)(=O)=O)C[C@H]21. The summed E-state index contributed by atoms with van der Waals surface area (Å²) in [5.74, 6) is -0.0911. The minimum atomic E-state index is -3.19. The molecule has 0 N–H and O–H groups in total. The van der Waals surface area contributed by atoms with Crippen LogP contribution in [0.1, 0.15) is 0 Å². The number of likely N-dealkylation sites (N-methyl/N-ethyl adjacent to an activating group) is 1. The molecule has 2 fully saturated rings. The zero-order valence-corrected chi connectivity index (χ0v) is 9.53. The first-order valence-corrected chi connectivity index (χ1v) is 6.57. The van der Waals surface area contributed by atoms with Gasteiger partial charge >= 0.3 is 0 Å². The lowest BCUT2D eigenvalue weighted by molar-refractivity contribution is -0.150. The number of nitrogens with zero attached hydrogens (tertiary/aromatic N) is 2. The molecular formula is C8H14N2O4S. The van der Waals surface area contributed by atoms with Crippen molar-refractivity contribution in [2.75, 3.05) is 33.0 Å². The van der Waals surface area contributed by atoms with Crippen LogP contribution in [0, 0.1) is 0 Å². The van der Waals surface area contributed by atoms with Crippen molar-refractivity contribution < 1.29 is 17.9 Å². The smallest absolute Gasteiger partial charge is 0.248 e. The third-order valence-corrected chi connectivity index (χ3v) is 4.22. The van der Waals surface area contributed by atoms with Gasteiger partial charge in [0.05, 0.1) is 18.4 Å². The number of hydrogen-bond donors (Lipinski definition) is 0. The summed E-state index contributed by atoms with van der Waals surface area (Å²) >= 11 is 0. The molecule has 7 heteroatoms. The first kappa shape index (κ1) is 10.8. The summed E-state index contributed by atoms with van der Waals surface area (Å²) in [5.41, 5.74) is 0. The Bertz CT molecular complexity index is 380. The Kier molecular flexibility index (Phi) is 2.48. The van der Waals surface area contributed by atoms with Gasteiger partial charge in [0, 0.05) is 20.1 Å². The summed E-state index contributed by atoms with van der Waals surface area (Å²) in [6, 6.07) is -0.138. The highest BCUT2D eigenvalue weighted by molar-refractivity contribution is 7.88. The van der Waals surface area contributed by atoms with Gasteiger partial charge in [-0.05, 0) is 0 Å². The molecule has 2 aliphatic rings. The summed E-state index contributed by atoms with van der Waals surface area (Å²) in [7, 11) is -1.50. The van der Waals surface area contributed by atoms with Gasteiger partial charge in [0.15, 0.2) is 0 Å². The van der Waals surface area contributed by atoms with Crippen molar-refractivity contribution in [2.24, 2.45) is 0 Å². The number of fused-ring (bicyclic) bond motifs is 1. The summed E-state index contributed by atoms with van der Waals surface area (Å²) in [5, 5.41) is 0. The summed E-state index contributed by atoms with van der Waals surface area (Å²) in [4.78, 5) is 12.9. The fourth-order valence-electron chi connectivity index (χ4n) is 1.99. The second kappa shape index (κ2) is 3.43. The van der Waals surface area contributed by atoms with Gasteiger partial charge in [-0.25, -0.2) is 8.42 Å². The van der Waals surface area contributed by atoms with Crippen LogP contribution in [0.3, 0.4) is 0 Å². The number of morpholine rings is 1. The van der Waals surface area contributed by atoms with Gasteiger partial charge in [-0.1, -0.05) is 0 Å². The van der Waals surface area contributed by atoms with Crippen LogP contribution >= 0.6 is 0 Å². The molecular weight excluding hydrogens is 220 g/mol. The van der Waals surface area contributed by atoms with Gasteiger partial charge in [0.1, 0.15) is 6.61 Å². The molecule has 2 saturated heterocycles. The molecule has 1 amide bonds. The monoisotopic (exact) mass is 234 g/mol. The molecule has 0 spiro atoms. The maximum atomic E-state index is 11.3. The largest absolute Gasteiger partial charge is 0.365 e. The molecule has 0 radical (unpaired) electrons. The molecule has 2 rings (SSSR count). The predicted octanol–water partition coefficient (Wildman–Crippen LogP) is -1.51. The second-order valence-electron chi connectivity index (χ2n) is 4.00. The van der Waals surface area contributed by atoms with E-state index in [1.807, 2.05) is 0 Å². The fourth-order valence-corrected chi connectivity index (χ4v) is 2.84. The number of sulfonamides is 1. The van der Waals surface area contributed by atoms with Crippen molar-refractivity contribution in [1.82, 2.24) is 9.21 Å². The van der Waals surface area contributed by atoms with Crippen molar-refractivity contribution in [3.63, 3.8) is 0 Å². The number of ether oxygens (including phenoxy) is 1. The Morgan fingerprint density at radius 1 is 1.40 bits per heavy atom. The van der Waals surface area contributed by atoms with Crippen LogP contribution in [-0.4, -0.2) is 68.7 Å². The lowest BCUT2D eigenvalue weighted by Gasteiger charge is -2.33. The molecule has 2 heterocycles. The van der Waals surface area contributed by atoms with E-state index in [0.29, 0.717) is 13.1 Å². The predicted molar refractivity (Wildman–Crippen MR) is 52.7 cm³/mol. The minimum Gasteiger partial charge on any atom is -0.365 e. The van der Waals surface area contributed by atoms with Gasteiger partial charge < -0.3 is 9.64 Å². The highest BCUT2D eigenvalue weighted by Crippen LogP contribution is 2.23. The Labute approximate surface area is 88.8 Å². The minimum absolute atomic E-state index is 0.0509. The standard InChI is InChI=1S/C8H14N2O4S/c1-9-6-3-10(15(2,12)13)4-7(6)14-5-8(9)11/h6-7H,3-5H2,1-2H3/t6-,7+/m1/s1. The topological polar surface area (TPSA) is 66.9 Å². The van der Waals surface area contributed by atoms with Gasteiger partial charge in [0.2, 0.25) is 15.9 Å². The van der Waals surface area contributed by atoms with Crippen LogP contribution in [-0.2, 0) is 19.6 Å². The summed E-state index contributed by atoms with van der Waals surface area (Å²) < 4.78 is 29.3. The number of carbonyl (C=O) groups excluding carboxylic acids is 1. The van der Waals surface area contributed by atoms with Gasteiger partial charge in [-0.15, -0.1) is 0 Å². The number of amides is 1. The Morgan fingerprint density at radius 2 is 2.07 bits per heavy atom. The van der Waals surface area contributed by atoms with Crippen LogP contribution < -0.4 is 0 Å². The number of rotatable bonds is 1. The van der Waals surface area contributed by atoms with Crippen molar-refractivity contribution in [1.29, 1.82) is 0 Å². The van der Waals surface area contributed by atoms with Gasteiger partial charge in [-0.2, -0.15) is 4.31 Å². The van der Waals surface area contributed by atoms with E-state index in [0.717, 1.165) is 0 Å². The van der Waals surface area contributed by atoms with E-state index in [9.17, 15) is 13.2 Å². The average molecular weight is 234 g/mol. The molecule has 0 unspecified atom stereocenters. The summed E-state index contributed by atoms with van der Waals surface area (Å²) in [6.07, 6.45) is 0.994. The third kappa shape index (κ3) is 1.86. The Balaban J connectivity index is 2.16. The molecule has 0 aliphatic carbocycles. The van der Waals surface area contributed by atoms with Gasteiger partial charge in [0.25, 0.3) is 0 Å². The Morgan fingerprint density at radius 3 is 2.67 bits per heavy atom. The maximum Gasteiger partial charge on any atom is 0.248 e. The molecule has 2 aliphatic heterocycles. The van der Waals surface area contributed by atoms with Crippen LogP contribution in [0.2, 0.25) is 0 Å². The highest BCUT2D eigenvalue weighted by Gasteiger charge is 2.44. The van der Waals surface area contributed by atoms with E-state index in [1.165, 1.54) is 10.6 Å². The second-order valence-corrected chi connectivity index (χ2v) is 5.98.